The van der Waals surface area contributed by atoms with Crippen molar-refractivity contribution in [3.05, 3.63) is 51.7 Å². The molecule has 1 saturated heterocycles. The predicted octanol–water partition coefficient (Wildman–Crippen LogP) is 2.87. The van der Waals surface area contributed by atoms with Gasteiger partial charge in [0.15, 0.2) is 0 Å². The third-order valence-corrected chi connectivity index (χ3v) is 6.38. The monoisotopic (exact) mass is 372 g/mol. The Morgan fingerprint density at radius 2 is 2.23 bits per heavy atom. The van der Waals surface area contributed by atoms with E-state index < -0.39 is 11.4 Å². The van der Waals surface area contributed by atoms with Gasteiger partial charge in [-0.2, -0.15) is 0 Å². The molecule has 0 bridgehead atoms. The van der Waals surface area contributed by atoms with Crippen LogP contribution >= 0.6 is 11.3 Å². The Bertz CT molecular complexity index is 819. The van der Waals surface area contributed by atoms with Crippen molar-refractivity contribution in [1.82, 2.24) is 9.80 Å². The van der Waals surface area contributed by atoms with Gasteiger partial charge in [-0.05, 0) is 42.7 Å². The minimum atomic E-state index is -0.849. The Morgan fingerprint density at radius 3 is 3.00 bits per heavy atom. The molecular weight excluding hydrogens is 348 g/mol. The maximum absolute atomic E-state index is 12.2. The van der Waals surface area contributed by atoms with Crippen molar-refractivity contribution in [2.45, 2.75) is 19.0 Å². The fourth-order valence-corrected chi connectivity index (χ4v) is 5.15. The molecule has 26 heavy (non-hydrogen) atoms. The molecule has 1 aromatic heterocycles. The van der Waals surface area contributed by atoms with Gasteiger partial charge >= 0.3 is 5.97 Å². The third-order valence-electron chi connectivity index (χ3n) is 5.41. The molecule has 4 rings (SSSR count). The molecular formula is C20H24N2O3S. The molecule has 0 saturated carbocycles. The lowest BCUT2D eigenvalue weighted by Gasteiger charge is -2.35. The number of aliphatic carboxylic acids is 1. The number of carbonyl (C=O) groups is 1. The summed E-state index contributed by atoms with van der Waals surface area (Å²) in [5.41, 5.74) is 1.49. The SMILES string of the molecule is CN(C)Cc1csc(CN2CC3c4ccccc4OCC3(C(=O)O)C2)c1. The lowest BCUT2D eigenvalue weighted by Crippen LogP contribution is -2.45. The number of hydrogen-bond donors (Lipinski definition) is 1. The molecule has 6 heteroatoms. The van der Waals surface area contributed by atoms with Crippen LogP contribution in [-0.4, -0.2) is 54.7 Å². The van der Waals surface area contributed by atoms with E-state index in [1.165, 1.54) is 10.4 Å². The van der Waals surface area contributed by atoms with Gasteiger partial charge in [0, 0.05) is 37.0 Å². The summed E-state index contributed by atoms with van der Waals surface area (Å²) in [6.45, 7) is 3.26. The normalized spacial score (nSPS) is 25.0. The minimum absolute atomic E-state index is 0.0221. The number of likely N-dealkylation sites (tertiary alicyclic amines) is 1. The van der Waals surface area contributed by atoms with Gasteiger partial charge in [-0.25, -0.2) is 0 Å². The van der Waals surface area contributed by atoms with Gasteiger partial charge in [-0.1, -0.05) is 18.2 Å². The molecule has 2 unspecified atom stereocenters. The van der Waals surface area contributed by atoms with E-state index in [1.807, 2.05) is 24.3 Å². The van der Waals surface area contributed by atoms with Crippen LogP contribution < -0.4 is 4.74 Å². The molecule has 0 amide bonds. The zero-order valence-corrected chi connectivity index (χ0v) is 16.0. The molecule has 3 heterocycles. The number of benzene rings is 1. The number of carboxylic acids is 1. The fraction of sp³-hybridized carbons (Fsp3) is 0.450. The van der Waals surface area contributed by atoms with Crippen LogP contribution in [0, 0.1) is 5.41 Å². The number of ether oxygens (including phenoxy) is 1. The van der Waals surface area contributed by atoms with E-state index in [2.05, 4.69) is 35.3 Å². The molecule has 0 aliphatic carbocycles. The summed E-state index contributed by atoms with van der Waals surface area (Å²) < 4.78 is 5.84. The van der Waals surface area contributed by atoms with Crippen molar-refractivity contribution < 1.29 is 14.6 Å². The van der Waals surface area contributed by atoms with Crippen LogP contribution in [0.25, 0.3) is 0 Å². The van der Waals surface area contributed by atoms with Crippen LogP contribution in [0.5, 0.6) is 5.75 Å². The van der Waals surface area contributed by atoms with E-state index in [-0.39, 0.29) is 12.5 Å². The van der Waals surface area contributed by atoms with Crippen LogP contribution in [0.1, 0.15) is 21.9 Å². The average molecular weight is 372 g/mol. The number of fused-ring (bicyclic) bond motifs is 3. The minimum Gasteiger partial charge on any atom is -0.492 e. The van der Waals surface area contributed by atoms with Crippen LogP contribution in [-0.2, 0) is 17.9 Å². The maximum Gasteiger partial charge on any atom is 0.315 e. The van der Waals surface area contributed by atoms with E-state index in [4.69, 9.17) is 4.74 Å². The fourth-order valence-electron chi connectivity index (χ4n) is 4.23. The summed E-state index contributed by atoms with van der Waals surface area (Å²) in [6.07, 6.45) is 0. The number of nitrogens with zero attached hydrogens (tertiary/aromatic N) is 2. The quantitative estimate of drug-likeness (QED) is 0.875. The van der Waals surface area contributed by atoms with Crippen molar-refractivity contribution in [2.75, 3.05) is 33.8 Å². The lowest BCUT2D eigenvalue weighted by atomic mass is 9.73. The number of para-hydroxylation sites is 1. The highest BCUT2D eigenvalue weighted by Crippen LogP contribution is 2.50. The molecule has 2 aliphatic heterocycles. The number of thiophene rings is 1. The number of hydrogen-bond acceptors (Lipinski definition) is 5. The van der Waals surface area contributed by atoms with Gasteiger partial charge in [0.1, 0.15) is 17.8 Å². The Morgan fingerprint density at radius 1 is 1.42 bits per heavy atom. The van der Waals surface area contributed by atoms with E-state index in [1.54, 1.807) is 11.3 Å². The van der Waals surface area contributed by atoms with Crippen molar-refractivity contribution in [1.29, 1.82) is 0 Å². The third kappa shape index (κ3) is 3.02. The molecule has 1 aromatic carbocycles. The predicted molar refractivity (Wildman–Crippen MR) is 102 cm³/mol. The second-order valence-electron chi connectivity index (χ2n) is 7.67. The van der Waals surface area contributed by atoms with Crippen LogP contribution in [0.3, 0.4) is 0 Å². The van der Waals surface area contributed by atoms with Gasteiger partial charge in [0.25, 0.3) is 0 Å². The first kappa shape index (κ1) is 17.5. The summed E-state index contributed by atoms with van der Waals surface area (Å²) >= 11 is 1.76. The highest BCUT2D eigenvalue weighted by molar-refractivity contribution is 7.10. The molecule has 0 spiro atoms. The van der Waals surface area contributed by atoms with Crippen molar-refractivity contribution in [3.8, 4) is 5.75 Å². The van der Waals surface area contributed by atoms with Crippen molar-refractivity contribution >= 4 is 17.3 Å². The first-order chi connectivity index (χ1) is 12.5. The van der Waals surface area contributed by atoms with Crippen LogP contribution in [0.2, 0.25) is 0 Å². The number of carboxylic acid groups (broad SMARTS) is 1. The molecule has 1 N–H and O–H groups in total. The van der Waals surface area contributed by atoms with E-state index in [0.717, 1.165) is 30.9 Å². The topological polar surface area (TPSA) is 53.0 Å². The average Bonchev–Trinajstić information content (AvgIpc) is 3.19. The van der Waals surface area contributed by atoms with E-state index in [9.17, 15) is 9.90 Å². The summed E-state index contributed by atoms with van der Waals surface area (Å²) in [5.74, 6) is 0.0609. The molecule has 2 atom stereocenters. The van der Waals surface area contributed by atoms with E-state index >= 15 is 0 Å². The van der Waals surface area contributed by atoms with Gasteiger partial charge in [-0.15, -0.1) is 11.3 Å². The highest BCUT2D eigenvalue weighted by Gasteiger charge is 2.56. The van der Waals surface area contributed by atoms with Crippen molar-refractivity contribution in [3.63, 3.8) is 0 Å². The zero-order chi connectivity index (χ0) is 18.3. The Labute approximate surface area is 157 Å². The zero-order valence-electron chi connectivity index (χ0n) is 15.1. The standard InChI is InChI=1S/C20H24N2O3S/c1-21(2)8-14-7-15(26-11-14)9-22-10-17-16-5-3-4-6-18(16)25-13-20(17,12-22)19(23)24/h3-7,11,17H,8-10,12-13H2,1-2H3,(H,23,24). The number of rotatable bonds is 5. The Balaban J connectivity index is 1.56. The lowest BCUT2D eigenvalue weighted by molar-refractivity contribution is -0.151. The van der Waals surface area contributed by atoms with Gasteiger partial charge in [0.05, 0.1) is 0 Å². The van der Waals surface area contributed by atoms with Gasteiger partial charge in [0.2, 0.25) is 0 Å². The second kappa shape index (κ2) is 6.68. The molecule has 2 aliphatic rings. The van der Waals surface area contributed by atoms with Crippen molar-refractivity contribution in [2.24, 2.45) is 5.41 Å². The highest BCUT2D eigenvalue weighted by atomic mass is 32.1. The first-order valence-electron chi connectivity index (χ1n) is 8.86. The van der Waals surface area contributed by atoms with Gasteiger partial charge in [-0.3, -0.25) is 9.69 Å². The summed E-state index contributed by atoms with van der Waals surface area (Å²) in [4.78, 5) is 17.9. The molecule has 138 valence electrons. The van der Waals surface area contributed by atoms with Crippen LogP contribution in [0.4, 0.5) is 0 Å². The van der Waals surface area contributed by atoms with Gasteiger partial charge < -0.3 is 14.7 Å². The molecule has 0 radical (unpaired) electrons. The first-order valence-corrected chi connectivity index (χ1v) is 9.74. The Hall–Kier alpha value is -1.89. The molecule has 2 aromatic rings. The smallest absolute Gasteiger partial charge is 0.315 e. The Kier molecular flexibility index (Phi) is 4.50. The second-order valence-corrected chi connectivity index (χ2v) is 8.66. The van der Waals surface area contributed by atoms with E-state index in [0.29, 0.717) is 6.54 Å². The summed E-state index contributed by atoms with van der Waals surface area (Å²) in [5, 5.41) is 12.2. The largest absolute Gasteiger partial charge is 0.492 e. The molecule has 1 fully saturated rings. The summed E-state index contributed by atoms with van der Waals surface area (Å²) in [6, 6.07) is 10.1. The summed E-state index contributed by atoms with van der Waals surface area (Å²) in [7, 11) is 4.13. The molecule has 5 nitrogen and oxygen atoms in total. The maximum atomic E-state index is 12.2. The van der Waals surface area contributed by atoms with Crippen LogP contribution in [0.15, 0.2) is 35.7 Å².